The van der Waals surface area contributed by atoms with Crippen LogP contribution in [-0.4, -0.2) is 6.36 Å². The van der Waals surface area contributed by atoms with Crippen LogP contribution in [0, 0.1) is 0 Å². The highest BCUT2D eigenvalue weighted by Gasteiger charge is 2.31. The lowest BCUT2D eigenvalue weighted by molar-refractivity contribution is -0.274. The molecule has 0 unspecified atom stereocenters. The van der Waals surface area contributed by atoms with Crippen molar-refractivity contribution >= 4 is 39.9 Å². The van der Waals surface area contributed by atoms with Crippen LogP contribution in [0.25, 0.3) is 0 Å². The largest absolute Gasteiger partial charge is 0.573 e. The lowest BCUT2D eigenvalue weighted by Gasteiger charge is -2.14. The molecular formula is C14H11BrCl2F3NO. The van der Waals surface area contributed by atoms with Gasteiger partial charge in [0.15, 0.2) is 0 Å². The van der Waals surface area contributed by atoms with Gasteiger partial charge in [-0.15, -0.1) is 25.6 Å². The van der Waals surface area contributed by atoms with Crippen LogP contribution < -0.4 is 10.5 Å². The van der Waals surface area contributed by atoms with E-state index in [1.165, 1.54) is 24.3 Å². The highest BCUT2D eigenvalue weighted by molar-refractivity contribution is 9.10. The summed E-state index contributed by atoms with van der Waals surface area (Å²) in [5, 5.41) is 0.555. The first kappa shape index (κ1) is 19.1. The Morgan fingerprint density at radius 3 is 2.09 bits per heavy atom. The number of benzene rings is 2. The number of rotatable bonds is 3. The van der Waals surface area contributed by atoms with E-state index in [4.69, 9.17) is 17.3 Å². The van der Waals surface area contributed by atoms with E-state index >= 15 is 0 Å². The number of hydrogen-bond donors (Lipinski definition) is 1. The van der Waals surface area contributed by atoms with Gasteiger partial charge in [-0.2, -0.15) is 0 Å². The maximum absolute atomic E-state index is 12.1. The maximum atomic E-state index is 12.1. The van der Waals surface area contributed by atoms with Gasteiger partial charge in [0, 0.05) is 4.47 Å². The molecule has 1 atom stereocenters. The summed E-state index contributed by atoms with van der Waals surface area (Å²) in [5.74, 6) is -0.282. The molecule has 0 aliphatic carbocycles. The minimum Gasteiger partial charge on any atom is -0.406 e. The smallest absolute Gasteiger partial charge is 0.406 e. The normalized spacial score (nSPS) is 12.5. The molecule has 2 N–H and O–H groups in total. The molecular weight excluding hydrogens is 406 g/mol. The van der Waals surface area contributed by atoms with E-state index in [9.17, 15) is 13.2 Å². The Morgan fingerprint density at radius 1 is 1.05 bits per heavy atom. The van der Waals surface area contributed by atoms with Crippen LogP contribution in [0.5, 0.6) is 5.75 Å². The third-order valence-corrected chi connectivity index (χ3v) is 3.99. The molecule has 0 aromatic heterocycles. The molecule has 0 saturated carbocycles. The Balaban J connectivity index is 0.00000242. The molecule has 2 nitrogen and oxygen atoms in total. The van der Waals surface area contributed by atoms with Crippen molar-refractivity contribution in [3.05, 3.63) is 63.1 Å². The van der Waals surface area contributed by atoms with Gasteiger partial charge in [0.2, 0.25) is 0 Å². The van der Waals surface area contributed by atoms with Crippen LogP contribution >= 0.6 is 39.9 Å². The van der Waals surface area contributed by atoms with Crippen LogP contribution in [0.3, 0.4) is 0 Å². The monoisotopic (exact) mass is 415 g/mol. The molecule has 0 heterocycles. The highest BCUT2D eigenvalue weighted by atomic mass is 79.9. The Labute approximate surface area is 144 Å². The van der Waals surface area contributed by atoms with Crippen molar-refractivity contribution in [3.8, 4) is 5.75 Å². The second kappa shape index (κ2) is 7.55. The van der Waals surface area contributed by atoms with E-state index in [2.05, 4.69) is 20.7 Å². The number of alkyl halides is 3. The molecule has 2 aromatic carbocycles. The topological polar surface area (TPSA) is 35.2 Å². The Morgan fingerprint density at radius 2 is 1.59 bits per heavy atom. The molecule has 0 amide bonds. The number of ether oxygens (including phenoxy) is 1. The zero-order valence-electron chi connectivity index (χ0n) is 10.9. The van der Waals surface area contributed by atoms with Gasteiger partial charge < -0.3 is 10.5 Å². The fourth-order valence-corrected chi connectivity index (χ4v) is 2.29. The molecule has 0 spiro atoms. The van der Waals surface area contributed by atoms with Crippen molar-refractivity contribution in [1.29, 1.82) is 0 Å². The third-order valence-electron chi connectivity index (χ3n) is 2.78. The first-order chi connectivity index (χ1) is 9.76. The SMILES string of the molecule is Cl.N[C@H](c1ccc(OC(F)(F)F)cc1)c1ccc(Cl)c(Br)c1. The van der Waals surface area contributed by atoms with Gasteiger partial charge in [0.1, 0.15) is 5.75 Å². The molecule has 0 bridgehead atoms. The molecule has 0 radical (unpaired) electrons. The summed E-state index contributed by atoms with van der Waals surface area (Å²) in [7, 11) is 0. The van der Waals surface area contributed by atoms with Gasteiger partial charge in [0.05, 0.1) is 11.1 Å². The van der Waals surface area contributed by atoms with Gasteiger partial charge in [-0.05, 0) is 51.3 Å². The van der Waals surface area contributed by atoms with E-state index < -0.39 is 12.4 Å². The lowest BCUT2D eigenvalue weighted by atomic mass is 10.00. The molecule has 0 fully saturated rings. The number of halogens is 6. The van der Waals surface area contributed by atoms with Crippen molar-refractivity contribution in [2.75, 3.05) is 0 Å². The molecule has 8 heteroatoms. The Hall–Kier alpha value is -0.950. The first-order valence-electron chi connectivity index (χ1n) is 5.82. The van der Waals surface area contributed by atoms with Crippen molar-refractivity contribution in [1.82, 2.24) is 0 Å². The van der Waals surface area contributed by atoms with Gasteiger partial charge >= 0.3 is 6.36 Å². The van der Waals surface area contributed by atoms with Crippen molar-refractivity contribution < 1.29 is 17.9 Å². The minimum absolute atomic E-state index is 0. The standard InChI is InChI=1S/C14H10BrClF3NO.ClH/c15-11-7-9(3-6-12(11)16)13(20)8-1-4-10(5-2-8)21-14(17,18)19;/h1-7,13H,20H2;1H/t13-;/m1./s1. The predicted octanol–water partition coefficient (Wildman–Crippen LogP) is 5.47. The Kier molecular flexibility index (Phi) is 6.55. The molecule has 120 valence electrons. The van der Waals surface area contributed by atoms with Crippen LogP contribution in [0.2, 0.25) is 5.02 Å². The summed E-state index contributed by atoms with van der Waals surface area (Å²) in [6.45, 7) is 0. The maximum Gasteiger partial charge on any atom is 0.573 e. The zero-order chi connectivity index (χ0) is 15.6. The molecule has 22 heavy (non-hydrogen) atoms. The van der Waals surface area contributed by atoms with Crippen molar-refractivity contribution in [2.24, 2.45) is 5.73 Å². The molecule has 2 rings (SSSR count). The zero-order valence-corrected chi connectivity index (χ0v) is 14.1. The van der Waals surface area contributed by atoms with Gasteiger partial charge in [-0.25, -0.2) is 0 Å². The molecule has 2 aromatic rings. The average Bonchev–Trinajstić information content (AvgIpc) is 2.40. The van der Waals surface area contributed by atoms with E-state index in [1.807, 2.05) is 0 Å². The minimum atomic E-state index is -4.70. The predicted molar refractivity (Wildman–Crippen MR) is 85.6 cm³/mol. The van der Waals surface area contributed by atoms with Gasteiger partial charge in [-0.3, -0.25) is 0 Å². The summed E-state index contributed by atoms with van der Waals surface area (Å²) in [4.78, 5) is 0. The quantitative estimate of drug-likeness (QED) is 0.719. The summed E-state index contributed by atoms with van der Waals surface area (Å²) in [6.07, 6.45) is -4.70. The number of hydrogen-bond acceptors (Lipinski definition) is 2. The van der Waals surface area contributed by atoms with Crippen molar-refractivity contribution in [3.63, 3.8) is 0 Å². The molecule has 0 aliphatic heterocycles. The molecule has 0 aliphatic rings. The summed E-state index contributed by atoms with van der Waals surface area (Å²) < 4.78 is 40.8. The number of nitrogens with two attached hydrogens (primary N) is 1. The summed E-state index contributed by atoms with van der Waals surface area (Å²) in [5.41, 5.74) is 7.54. The van der Waals surface area contributed by atoms with E-state index in [1.54, 1.807) is 18.2 Å². The van der Waals surface area contributed by atoms with Crippen LogP contribution in [-0.2, 0) is 0 Å². The second-order valence-corrected chi connectivity index (χ2v) is 5.53. The van der Waals surface area contributed by atoms with Crippen LogP contribution in [0.1, 0.15) is 17.2 Å². The van der Waals surface area contributed by atoms with Gasteiger partial charge in [-0.1, -0.05) is 29.8 Å². The first-order valence-corrected chi connectivity index (χ1v) is 6.99. The second-order valence-electron chi connectivity index (χ2n) is 4.27. The average molecular weight is 417 g/mol. The van der Waals surface area contributed by atoms with E-state index in [0.717, 1.165) is 5.56 Å². The van der Waals surface area contributed by atoms with E-state index in [0.29, 0.717) is 15.1 Å². The fraction of sp³-hybridized carbons (Fsp3) is 0.143. The lowest BCUT2D eigenvalue weighted by Crippen LogP contribution is -2.17. The van der Waals surface area contributed by atoms with Crippen molar-refractivity contribution in [2.45, 2.75) is 12.4 Å². The van der Waals surface area contributed by atoms with Crippen LogP contribution in [0.15, 0.2) is 46.9 Å². The van der Waals surface area contributed by atoms with E-state index in [-0.39, 0.29) is 18.2 Å². The highest BCUT2D eigenvalue weighted by Crippen LogP contribution is 2.29. The summed E-state index contributed by atoms with van der Waals surface area (Å²) >= 11 is 9.20. The fourth-order valence-electron chi connectivity index (χ4n) is 1.78. The third kappa shape index (κ3) is 5.05. The Bertz CT molecular complexity index is 635. The van der Waals surface area contributed by atoms with Gasteiger partial charge in [0.25, 0.3) is 0 Å². The summed E-state index contributed by atoms with van der Waals surface area (Å²) in [6, 6.07) is 10.2. The van der Waals surface area contributed by atoms with Crippen LogP contribution in [0.4, 0.5) is 13.2 Å². The molecule has 0 saturated heterocycles.